The van der Waals surface area contributed by atoms with Gasteiger partial charge < -0.3 is 5.73 Å². The number of rotatable bonds is 6. The smallest absolute Gasteiger partial charge is 0.263 e. The van der Waals surface area contributed by atoms with E-state index in [1.807, 2.05) is 18.2 Å². The number of thioether (sulfide) groups is 1. The molecular weight excluding hydrogens is 390 g/mol. The van der Waals surface area contributed by atoms with E-state index in [9.17, 15) is 9.59 Å². The Labute approximate surface area is 172 Å². The maximum atomic E-state index is 13.4. The van der Waals surface area contributed by atoms with E-state index in [1.165, 1.54) is 27.8 Å². The van der Waals surface area contributed by atoms with Gasteiger partial charge in [-0.3, -0.25) is 14.2 Å². The zero-order valence-electron chi connectivity index (χ0n) is 15.8. The number of aromatic nitrogens is 2. The SMILES string of the molecule is C[C@@H]1CCc2c(sc3nc(SCC(N)=O)n(CCc4ccccc4)c(=O)c23)C1. The minimum atomic E-state index is -0.409. The number of carbonyl (C=O) groups excluding carboxylic acids is 1. The lowest BCUT2D eigenvalue weighted by molar-refractivity contribution is -0.115. The first-order chi connectivity index (χ1) is 13.5. The van der Waals surface area contributed by atoms with Gasteiger partial charge in [0.25, 0.3) is 5.56 Å². The molecule has 28 heavy (non-hydrogen) atoms. The van der Waals surface area contributed by atoms with Crippen molar-refractivity contribution in [3.05, 3.63) is 56.7 Å². The van der Waals surface area contributed by atoms with Gasteiger partial charge in [0.2, 0.25) is 5.91 Å². The number of carbonyl (C=O) groups is 1. The highest BCUT2D eigenvalue weighted by Crippen LogP contribution is 2.36. The number of amides is 1. The second-order valence-corrected chi connectivity index (χ2v) is 9.40. The first-order valence-corrected chi connectivity index (χ1v) is 11.3. The third-order valence-corrected chi connectivity index (χ3v) is 7.34. The molecule has 1 aromatic carbocycles. The summed E-state index contributed by atoms with van der Waals surface area (Å²) in [5.41, 5.74) is 7.70. The number of thiophene rings is 1. The number of primary amides is 1. The third kappa shape index (κ3) is 3.86. The second kappa shape index (κ2) is 8.09. The number of fused-ring (bicyclic) bond motifs is 3. The Kier molecular flexibility index (Phi) is 5.55. The van der Waals surface area contributed by atoms with E-state index >= 15 is 0 Å². The molecular formula is C21H23N3O2S2. The molecule has 1 atom stereocenters. The van der Waals surface area contributed by atoms with Crippen LogP contribution in [0.1, 0.15) is 29.3 Å². The van der Waals surface area contributed by atoms with Crippen LogP contribution < -0.4 is 11.3 Å². The van der Waals surface area contributed by atoms with Gasteiger partial charge in [-0.05, 0) is 42.7 Å². The predicted molar refractivity (Wildman–Crippen MR) is 115 cm³/mol. The second-order valence-electron chi connectivity index (χ2n) is 7.37. The number of hydrogen-bond acceptors (Lipinski definition) is 5. The summed E-state index contributed by atoms with van der Waals surface area (Å²) in [6, 6.07) is 10.1. The van der Waals surface area contributed by atoms with Crippen molar-refractivity contribution < 1.29 is 4.79 Å². The number of aryl methyl sites for hydroxylation is 2. The van der Waals surface area contributed by atoms with Gasteiger partial charge >= 0.3 is 0 Å². The van der Waals surface area contributed by atoms with Crippen molar-refractivity contribution in [1.82, 2.24) is 9.55 Å². The lowest BCUT2D eigenvalue weighted by Gasteiger charge is -2.17. The van der Waals surface area contributed by atoms with Crippen LogP contribution in [0.15, 0.2) is 40.3 Å². The van der Waals surface area contributed by atoms with Crippen LogP contribution in [0.4, 0.5) is 0 Å². The summed E-state index contributed by atoms with van der Waals surface area (Å²) in [5, 5.41) is 1.36. The van der Waals surface area contributed by atoms with Gasteiger partial charge in [0.05, 0.1) is 11.1 Å². The molecule has 0 aliphatic heterocycles. The number of nitrogens with two attached hydrogens (primary N) is 1. The standard InChI is InChI=1S/C21H23N3O2S2/c1-13-7-8-15-16(11-13)28-19-18(15)20(26)24(21(23-19)27-12-17(22)25)10-9-14-5-3-2-4-6-14/h2-6,13H,7-12H2,1H3,(H2,22,25)/t13-/m1/s1. The van der Waals surface area contributed by atoms with Gasteiger partial charge in [-0.25, -0.2) is 4.98 Å². The molecule has 1 aliphatic carbocycles. The zero-order chi connectivity index (χ0) is 19.7. The van der Waals surface area contributed by atoms with Crippen LogP contribution in [0.3, 0.4) is 0 Å². The predicted octanol–water partition coefficient (Wildman–Crippen LogP) is 3.40. The average Bonchev–Trinajstić information content (AvgIpc) is 3.04. The van der Waals surface area contributed by atoms with Gasteiger partial charge in [0.1, 0.15) is 4.83 Å². The van der Waals surface area contributed by atoms with E-state index in [0.717, 1.165) is 35.9 Å². The fourth-order valence-corrected chi connectivity index (χ4v) is 5.92. The maximum Gasteiger partial charge on any atom is 0.263 e. The van der Waals surface area contributed by atoms with Gasteiger partial charge in [-0.1, -0.05) is 49.0 Å². The van der Waals surface area contributed by atoms with Crippen molar-refractivity contribution in [3.63, 3.8) is 0 Å². The molecule has 3 aromatic rings. The third-order valence-electron chi connectivity index (χ3n) is 5.19. The van der Waals surface area contributed by atoms with Crippen LogP contribution in [0, 0.1) is 5.92 Å². The van der Waals surface area contributed by atoms with Crippen LogP contribution in [-0.2, 0) is 30.6 Å². The molecule has 0 saturated carbocycles. The normalized spacial score (nSPS) is 16.2. The number of hydrogen-bond donors (Lipinski definition) is 1. The Morgan fingerprint density at radius 3 is 2.89 bits per heavy atom. The first kappa shape index (κ1) is 19.2. The molecule has 0 radical (unpaired) electrons. The molecule has 0 saturated heterocycles. The Morgan fingerprint density at radius 2 is 2.14 bits per heavy atom. The molecule has 1 amide bonds. The van der Waals surface area contributed by atoms with Crippen molar-refractivity contribution >= 4 is 39.2 Å². The highest BCUT2D eigenvalue weighted by molar-refractivity contribution is 7.99. The van der Waals surface area contributed by atoms with E-state index in [2.05, 4.69) is 19.1 Å². The van der Waals surface area contributed by atoms with E-state index in [-0.39, 0.29) is 11.3 Å². The van der Waals surface area contributed by atoms with Crippen molar-refractivity contribution in [2.24, 2.45) is 11.7 Å². The van der Waals surface area contributed by atoms with E-state index in [0.29, 0.717) is 17.6 Å². The monoisotopic (exact) mass is 413 g/mol. The molecule has 2 heterocycles. The first-order valence-electron chi connectivity index (χ1n) is 9.53. The molecule has 0 fully saturated rings. The maximum absolute atomic E-state index is 13.4. The van der Waals surface area contributed by atoms with Crippen LogP contribution in [0.2, 0.25) is 0 Å². The van der Waals surface area contributed by atoms with Gasteiger partial charge in [0, 0.05) is 11.4 Å². The van der Waals surface area contributed by atoms with Gasteiger partial charge in [0.15, 0.2) is 5.16 Å². The lowest BCUT2D eigenvalue weighted by atomic mass is 9.89. The topological polar surface area (TPSA) is 78.0 Å². The Hall–Kier alpha value is -2.12. The summed E-state index contributed by atoms with van der Waals surface area (Å²) in [4.78, 5) is 31.6. The van der Waals surface area contributed by atoms with Gasteiger partial charge in [-0.15, -0.1) is 11.3 Å². The van der Waals surface area contributed by atoms with E-state index in [1.54, 1.807) is 15.9 Å². The molecule has 0 bridgehead atoms. The largest absolute Gasteiger partial charge is 0.369 e. The van der Waals surface area contributed by atoms with Crippen molar-refractivity contribution in [2.75, 3.05) is 5.75 Å². The molecule has 5 nitrogen and oxygen atoms in total. The summed E-state index contributed by atoms with van der Waals surface area (Å²) in [7, 11) is 0. The fraction of sp³-hybridized carbons (Fsp3) is 0.381. The van der Waals surface area contributed by atoms with Crippen molar-refractivity contribution in [3.8, 4) is 0 Å². The summed E-state index contributed by atoms with van der Waals surface area (Å²) < 4.78 is 1.73. The van der Waals surface area contributed by atoms with Gasteiger partial charge in [-0.2, -0.15) is 0 Å². The minimum Gasteiger partial charge on any atom is -0.369 e. The lowest BCUT2D eigenvalue weighted by Crippen LogP contribution is -2.25. The molecule has 4 rings (SSSR count). The zero-order valence-corrected chi connectivity index (χ0v) is 17.4. The number of nitrogens with zero attached hydrogens (tertiary/aromatic N) is 2. The summed E-state index contributed by atoms with van der Waals surface area (Å²) >= 11 is 2.89. The Bertz CT molecular complexity index is 1070. The highest BCUT2D eigenvalue weighted by atomic mass is 32.2. The molecule has 1 aliphatic rings. The van der Waals surface area contributed by atoms with E-state index < -0.39 is 5.91 Å². The van der Waals surface area contributed by atoms with Crippen LogP contribution >= 0.6 is 23.1 Å². The van der Waals surface area contributed by atoms with Crippen molar-refractivity contribution in [1.29, 1.82) is 0 Å². The summed E-state index contributed by atoms with van der Waals surface area (Å²) in [5.74, 6) is 0.351. The average molecular weight is 414 g/mol. The fourth-order valence-electron chi connectivity index (χ4n) is 3.73. The highest BCUT2D eigenvalue weighted by Gasteiger charge is 2.24. The van der Waals surface area contributed by atoms with Crippen LogP contribution in [0.5, 0.6) is 0 Å². The van der Waals surface area contributed by atoms with Crippen LogP contribution in [-0.4, -0.2) is 21.2 Å². The molecule has 0 spiro atoms. The minimum absolute atomic E-state index is 0.0138. The summed E-state index contributed by atoms with van der Waals surface area (Å²) in [6.45, 7) is 2.79. The molecule has 2 N–H and O–H groups in total. The van der Waals surface area contributed by atoms with E-state index in [4.69, 9.17) is 10.7 Å². The molecule has 2 aromatic heterocycles. The Morgan fingerprint density at radius 1 is 1.36 bits per heavy atom. The summed E-state index contributed by atoms with van der Waals surface area (Å²) in [6.07, 6.45) is 3.81. The van der Waals surface area contributed by atoms with Crippen molar-refractivity contribution in [2.45, 2.75) is 44.3 Å². The molecule has 146 valence electrons. The molecule has 0 unspecified atom stereocenters. The molecule has 7 heteroatoms. The van der Waals surface area contributed by atoms with Crippen LogP contribution in [0.25, 0.3) is 10.2 Å². The quantitative estimate of drug-likeness (QED) is 0.496. The number of benzene rings is 1. The Balaban J connectivity index is 1.77.